The van der Waals surface area contributed by atoms with E-state index in [1.807, 2.05) is 0 Å². The Morgan fingerprint density at radius 3 is 1.09 bits per heavy atom. The number of hydrogen-bond acceptors (Lipinski definition) is 1. The van der Waals surface area contributed by atoms with E-state index in [1.54, 1.807) is 0 Å². The highest BCUT2D eigenvalue weighted by Gasteiger charge is 2.47. The first-order valence-electron chi connectivity index (χ1n) is 12.6. The van der Waals surface area contributed by atoms with Gasteiger partial charge in [-0.05, 0) is 42.0 Å². The average Bonchev–Trinajstić information content (AvgIpc) is 3.33. The summed E-state index contributed by atoms with van der Waals surface area (Å²) >= 11 is 0. The number of benzene rings is 2. The minimum absolute atomic E-state index is 0.148. The van der Waals surface area contributed by atoms with Crippen molar-refractivity contribution in [3.05, 3.63) is 58.8 Å². The van der Waals surface area contributed by atoms with E-state index in [9.17, 15) is 4.79 Å². The van der Waals surface area contributed by atoms with Crippen LogP contribution in [0.15, 0.2) is 53.3 Å². The zero-order valence-electron chi connectivity index (χ0n) is 22.5. The molecule has 2 aromatic rings. The van der Waals surface area contributed by atoms with Crippen molar-refractivity contribution in [1.29, 1.82) is 0 Å². The van der Waals surface area contributed by atoms with Gasteiger partial charge in [-0.1, -0.05) is 116 Å². The van der Waals surface area contributed by atoms with Crippen molar-refractivity contribution in [2.24, 2.45) is 0 Å². The molecule has 0 bridgehead atoms. The van der Waals surface area contributed by atoms with Crippen LogP contribution in [0.3, 0.4) is 0 Å². The summed E-state index contributed by atoms with van der Waals surface area (Å²) in [6.07, 6.45) is 0. The van der Waals surface area contributed by atoms with E-state index >= 15 is 0 Å². The zero-order valence-corrected chi connectivity index (χ0v) is 24.5. The van der Waals surface area contributed by atoms with Crippen LogP contribution in [0.4, 0.5) is 0 Å². The average molecular weight is 483 g/mol. The number of hydrogen-bond donors (Lipinski definition) is 0. The molecule has 0 radical (unpaired) electrons. The molecule has 176 valence electrons. The molecule has 0 amide bonds. The van der Waals surface area contributed by atoms with Crippen LogP contribution in [0.1, 0.15) is 41.5 Å². The fourth-order valence-electron chi connectivity index (χ4n) is 5.77. The number of rotatable bonds is 2. The maximum atomic E-state index is 14.7. The third-order valence-corrected chi connectivity index (χ3v) is 20.7. The van der Waals surface area contributed by atoms with E-state index in [0.717, 1.165) is 11.1 Å². The van der Waals surface area contributed by atoms with E-state index < -0.39 is 16.1 Å². The third-order valence-electron chi connectivity index (χ3n) is 9.64. The Labute approximate surface area is 206 Å². The van der Waals surface area contributed by atoms with Gasteiger partial charge in [0.25, 0.3) is 0 Å². The summed E-state index contributed by atoms with van der Waals surface area (Å²) in [4.78, 5) is 14.7. The van der Waals surface area contributed by atoms with Crippen molar-refractivity contribution in [1.82, 2.24) is 0 Å². The van der Waals surface area contributed by atoms with Gasteiger partial charge in [-0.15, -0.1) is 0 Å². The van der Waals surface area contributed by atoms with Crippen LogP contribution in [0.5, 0.6) is 0 Å². The van der Waals surface area contributed by atoms with E-state index in [-0.39, 0.29) is 15.5 Å². The van der Waals surface area contributed by atoms with E-state index in [4.69, 9.17) is 0 Å². The fourth-order valence-corrected chi connectivity index (χ4v) is 10.8. The maximum absolute atomic E-state index is 14.7. The van der Waals surface area contributed by atoms with Gasteiger partial charge in [0.15, 0.2) is 5.43 Å². The van der Waals surface area contributed by atoms with Gasteiger partial charge in [-0.2, -0.15) is 0 Å². The molecule has 2 aromatic carbocycles. The summed E-state index contributed by atoms with van der Waals surface area (Å²) in [5, 5.41) is 8.18. The van der Waals surface area contributed by atoms with Crippen LogP contribution >= 0.6 is 0 Å². The summed E-state index contributed by atoms with van der Waals surface area (Å²) in [6, 6.07) is 17.6. The summed E-state index contributed by atoms with van der Waals surface area (Å²) in [5.41, 5.74) is 4.79. The van der Waals surface area contributed by atoms with Crippen molar-refractivity contribution in [2.75, 3.05) is 0 Å². The lowest BCUT2D eigenvalue weighted by molar-refractivity contribution is 0.730. The zero-order chi connectivity index (χ0) is 25.0. The van der Waals surface area contributed by atoms with Gasteiger partial charge in [-0.3, -0.25) is 4.79 Å². The second kappa shape index (κ2) is 6.92. The van der Waals surface area contributed by atoms with Gasteiger partial charge < -0.3 is 0 Å². The molecule has 0 saturated heterocycles. The van der Waals surface area contributed by atoms with Crippen LogP contribution in [0.2, 0.25) is 36.3 Å². The molecule has 0 aliphatic heterocycles. The largest absolute Gasteiger partial charge is 0.289 e. The molecule has 34 heavy (non-hydrogen) atoms. The van der Waals surface area contributed by atoms with Crippen molar-refractivity contribution in [3.8, 4) is 22.3 Å². The second-order valence-electron chi connectivity index (χ2n) is 13.4. The first-order valence-corrected chi connectivity index (χ1v) is 18.6. The van der Waals surface area contributed by atoms with Gasteiger partial charge >= 0.3 is 0 Å². The van der Waals surface area contributed by atoms with Crippen LogP contribution < -0.4 is 15.8 Å². The topological polar surface area (TPSA) is 17.1 Å². The SMILES string of the molecule is CC(C)(C)[Si](C)(C)c1c2c(=O)c3c([Si](C)(C)C(C)(C)C)c4ccccc4c-3c-2c2ccccc12. The lowest BCUT2D eigenvalue weighted by Gasteiger charge is -2.38. The molecule has 0 N–H and O–H groups in total. The Hall–Kier alpha value is -2.24. The molecule has 0 atom stereocenters. The van der Waals surface area contributed by atoms with Crippen molar-refractivity contribution < 1.29 is 0 Å². The molecule has 3 heteroatoms. The summed E-state index contributed by atoms with van der Waals surface area (Å²) in [7, 11) is -3.96. The summed E-state index contributed by atoms with van der Waals surface area (Å²) in [6.45, 7) is 24.0. The Morgan fingerprint density at radius 1 is 0.500 bits per heavy atom. The Morgan fingerprint density at radius 2 is 0.794 bits per heavy atom. The maximum Gasteiger partial charge on any atom is 0.194 e. The van der Waals surface area contributed by atoms with Gasteiger partial charge in [0, 0.05) is 22.3 Å². The van der Waals surface area contributed by atoms with Gasteiger partial charge in [0.1, 0.15) is 0 Å². The fraction of sp³-hybridized carbons (Fsp3) is 0.387. The van der Waals surface area contributed by atoms with Crippen LogP contribution in [-0.2, 0) is 0 Å². The van der Waals surface area contributed by atoms with Crippen molar-refractivity contribution in [3.63, 3.8) is 0 Å². The van der Waals surface area contributed by atoms with Crippen molar-refractivity contribution in [2.45, 2.75) is 77.8 Å². The number of fused-ring (bicyclic) bond motifs is 7. The highest BCUT2D eigenvalue weighted by Crippen LogP contribution is 2.50. The molecule has 1 nitrogen and oxygen atoms in total. The molecule has 0 fully saturated rings. The second-order valence-corrected chi connectivity index (χ2v) is 23.9. The Balaban J connectivity index is 2.08. The lowest BCUT2D eigenvalue weighted by atomic mass is 10.0. The van der Waals surface area contributed by atoms with Crippen LogP contribution in [-0.4, -0.2) is 16.1 Å². The van der Waals surface area contributed by atoms with Gasteiger partial charge in [0.2, 0.25) is 0 Å². The lowest BCUT2D eigenvalue weighted by Crippen LogP contribution is -2.51. The molecule has 0 saturated carbocycles. The third kappa shape index (κ3) is 2.80. The molecule has 0 heterocycles. The van der Waals surface area contributed by atoms with Crippen LogP contribution in [0.25, 0.3) is 43.8 Å². The molecule has 0 aromatic heterocycles. The minimum atomic E-state index is -1.98. The standard InChI is InChI=1S/C31H38OSi2/c1-30(2,3)33(7,8)28-21-17-13-11-15-19(21)23-24-20-16-12-14-18-22(20)29(26(24)27(32)25(23)28)34(9,10)31(4,5)6/h11-18H,1-10H3. The quantitative estimate of drug-likeness (QED) is 0.234. The van der Waals surface area contributed by atoms with E-state index in [0.29, 0.717) is 0 Å². The highest BCUT2D eigenvalue weighted by molar-refractivity contribution is 6.96. The molecule has 0 unspecified atom stereocenters. The predicted octanol–water partition coefficient (Wildman–Crippen LogP) is 7.87. The van der Waals surface area contributed by atoms with E-state index in [1.165, 1.54) is 43.0 Å². The van der Waals surface area contributed by atoms with Crippen LogP contribution in [0, 0.1) is 0 Å². The molecule has 0 spiro atoms. The normalized spacial score (nSPS) is 14.3. The predicted molar refractivity (Wildman–Crippen MR) is 157 cm³/mol. The smallest absolute Gasteiger partial charge is 0.194 e. The highest BCUT2D eigenvalue weighted by atomic mass is 28.3. The Kier molecular flexibility index (Phi) is 4.78. The first kappa shape index (κ1) is 23.5. The molecule has 5 rings (SSSR count). The van der Waals surface area contributed by atoms with E-state index in [2.05, 4.69) is 116 Å². The monoisotopic (exact) mass is 482 g/mol. The van der Waals surface area contributed by atoms with Crippen molar-refractivity contribution >= 4 is 48.1 Å². The summed E-state index contributed by atoms with van der Waals surface area (Å²) < 4.78 is 0. The minimum Gasteiger partial charge on any atom is -0.289 e. The molecule has 3 aliphatic rings. The Bertz CT molecular complexity index is 1410. The first-order chi connectivity index (χ1) is 15.6. The van der Waals surface area contributed by atoms with Gasteiger partial charge in [0.05, 0.1) is 16.1 Å². The summed E-state index contributed by atoms with van der Waals surface area (Å²) in [5.74, 6) is 0. The molecule has 3 aliphatic carbocycles. The van der Waals surface area contributed by atoms with Gasteiger partial charge in [-0.25, -0.2) is 0 Å². The molecular formula is C31H38OSi2. The molecular weight excluding hydrogens is 445 g/mol.